The minimum Gasteiger partial charge on any atom is -0.507 e. The maximum Gasteiger partial charge on any atom is 0.342 e. The Morgan fingerprint density at radius 3 is 2.62 bits per heavy atom. The van der Waals surface area contributed by atoms with E-state index in [-0.39, 0.29) is 28.9 Å². The lowest BCUT2D eigenvalue weighted by atomic mass is 10.2. The van der Waals surface area contributed by atoms with Gasteiger partial charge in [-0.3, -0.25) is 4.79 Å². The van der Waals surface area contributed by atoms with Crippen LogP contribution >= 0.6 is 0 Å². The maximum absolute atomic E-state index is 12.3. The molecule has 0 radical (unpaired) electrons. The Morgan fingerprint density at radius 2 is 2.04 bits per heavy atom. The molecule has 2 rings (SSSR count). The number of esters is 1. The molecule has 0 aromatic heterocycles. The predicted octanol–water partition coefficient (Wildman–Crippen LogP) is 0.975. The zero-order valence-electron chi connectivity index (χ0n) is 13.5. The number of carbonyl (C=O) groups excluding carboxylic acids is 2. The Kier molecular flexibility index (Phi) is 5.82. The van der Waals surface area contributed by atoms with E-state index in [1.807, 2.05) is 6.92 Å². The molecular weight excluding hydrogens is 334 g/mol. The number of rotatable bonds is 6. The normalized spacial score (nSPS) is 19.0. The fourth-order valence-electron chi connectivity index (χ4n) is 2.71. The lowest BCUT2D eigenvalue weighted by Gasteiger charge is -2.27. The van der Waals surface area contributed by atoms with E-state index in [9.17, 15) is 23.1 Å². The van der Waals surface area contributed by atoms with Crippen LogP contribution in [0.25, 0.3) is 0 Å². The van der Waals surface area contributed by atoms with Gasteiger partial charge in [0.15, 0.2) is 16.4 Å². The van der Waals surface area contributed by atoms with Gasteiger partial charge in [0.05, 0.1) is 11.5 Å². The Bertz CT molecular complexity index is 715. The van der Waals surface area contributed by atoms with Gasteiger partial charge in [-0.05, 0) is 25.0 Å². The molecule has 0 bridgehead atoms. The largest absolute Gasteiger partial charge is 0.507 e. The second kappa shape index (κ2) is 7.65. The van der Waals surface area contributed by atoms with Gasteiger partial charge in [-0.2, -0.15) is 0 Å². The Morgan fingerprint density at radius 1 is 1.33 bits per heavy atom. The number of nitrogens with zero attached hydrogens (tertiary/aromatic N) is 1. The van der Waals surface area contributed by atoms with Gasteiger partial charge in [-0.15, -0.1) is 0 Å². The van der Waals surface area contributed by atoms with E-state index in [0.717, 1.165) is 0 Å². The molecule has 0 unspecified atom stereocenters. The molecule has 8 heteroatoms. The number of phenols is 1. The monoisotopic (exact) mass is 355 g/mol. The van der Waals surface area contributed by atoms with Crippen LogP contribution in [0.15, 0.2) is 24.3 Å². The third-order valence-corrected chi connectivity index (χ3v) is 5.64. The summed E-state index contributed by atoms with van der Waals surface area (Å²) in [6.07, 6.45) is 1.08. The fourth-order valence-corrected chi connectivity index (χ4v) is 4.44. The molecule has 1 saturated heterocycles. The molecule has 1 aromatic rings. The first-order valence-corrected chi connectivity index (χ1v) is 9.61. The van der Waals surface area contributed by atoms with Crippen LogP contribution < -0.4 is 0 Å². The highest BCUT2D eigenvalue weighted by molar-refractivity contribution is 7.91. The fraction of sp³-hybridized carbons (Fsp3) is 0.500. The molecular formula is C16H21NO6S. The molecule has 1 aliphatic heterocycles. The molecule has 1 fully saturated rings. The highest BCUT2D eigenvalue weighted by atomic mass is 32.2. The molecule has 7 nitrogen and oxygen atoms in total. The summed E-state index contributed by atoms with van der Waals surface area (Å²) in [5.41, 5.74) is -0.0178. The van der Waals surface area contributed by atoms with E-state index >= 15 is 0 Å². The summed E-state index contributed by atoms with van der Waals surface area (Å²) in [5.74, 6) is -1.42. The molecule has 0 saturated carbocycles. The van der Waals surface area contributed by atoms with Gasteiger partial charge in [0.1, 0.15) is 11.3 Å². The molecule has 1 atom stereocenters. The minimum absolute atomic E-state index is 0.0178. The highest BCUT2D eigenvalue weighted by Gasteiger charge is 2.34. The van der Waals surface area contributed by atoms with Crippen molar-refractivity contribution in [2.45, 2.75) is 25.8 Å². The summed E-state index contributed by atoms with van der Waals surface area (Å²) in [6, 6.07) is 5.53. The van der Waals surface area contributed by atoms with Crippen LogP contribution in [0.2, 0.25) is 0 Å². The summed E-state index contributed by atoms with van der Waals surface area (Å²) in [5, 5.41) is 9.61. The molecule has 132 valence electrons. The van der Waals surface area contributed by atoms with Gasteiger partial charge in [-0.25, -0.2) is 13.2 Å². The average molecular weight is 355 g/mol. The second-order valence-electron chi connectivity index (χ2n) is 5.74. The Labute approximate surface area is 141 Å². The van der Waals surface area contributed by atoms with Crippen molar-refractivity contribution in [3.05, 3.63) is 29.8 Å². The standard InChI is InChI=1S/C16H21NO6S/c1-2-8-17(12-7-9-24(21,22)11-12)15(19)10-23-16(20)13-5-3-4-6-14(13)18/h3-6,12,18H,2,7-11H2,1H3/t12-/m1/s1. The molecule has 0 spiro atoms. The van der Waals surface area contributed by atoms with Crippen molar-refractivity contribution in [3.63, 3.8) is 0 Å². The minimum atomic E-state index is -3.11. The summed E-state index contributed by atoms with van der Waals surface area (Å²) >= 11 is 0. The highest BCUT2D eigenvalue weighted by Crippen LogP contribution is 2.19. The summed E-state index contributed by atoms with van der Waals surface area (Å²) in [7, 11) is -3.11. The second-order valence-corrected chi connectivity index (χ2v) is 7.97. The van der Waals surface area contributed by atoms with E-state index in [1.54, 1.807) is 12.1 Å². The SMILES string of the molecule is CCCN(C(=O)COC(=O)c1ccccc1O)[C@@H]1CCS(=O)(=O)C1. The van der Waals surface area contributed by atoms with Crippen LogP contribution in [0.5, 0.6) is 5.75 Å². The summed E-state index contributed by atoms with van der Waals surface area (Å²) in [6.45, 7) is 1.81. The topological polar surface area (TPSA) is 101 Å². The molecule has 1 heterocycles. The van der Waals surface area contributed by atoms with Crippen molar-refractivity contribution in [2.75, 3.05) is 24.7 Å². The first kappa shape index (κ1) is 18.3. The van der Waals surface area contributed by atoms with Crippen molar-refractivity contribution in [2.24, 2.45) is 0 Å². The Balaban J connectivity index is 1.98. The van der Waals surface area contributed by atoms with Crippen LogP contribution in [0.1, 0.15) is 30.1 Å². The van der Waals surface area contributed by atoms with Crippen LogP contribution in [-0.4, -0.2) is 61.0 Å². The number of hydrogen-bond acceptors (Lipinski definition) is 6. The molecule has 1 aliphatic rings. The average Bonchev–Trinajstić information content (AvgIpc) is 2.90. The third kappa shape index (κ3) is 4.47. The van der Waals surface area contributed by atoms with Crippen molar-refractivity contribution in [1.29, 1.82) is 0 Å². The number of amides is 1. The van der Waals surface area contributed by atoms with Crippen molar-refractivity contribution >= 4 is 21.7 Å². The van der Waals surface area contributed by atoms with E-state index in [1.165, 1.54) is 17.0 Å². The number of hydrogen-bond donors (Lipinski definition) is 1. The number of para-hydroxylation sites is 1. The van der Waals surface area contributed by atoms with Gasteiger partial charge >= 0.3 is 5.97 Å². The van der Waals surface area contributed by atoms with Gasteiger partial charge < -0.3 is 14.7 Å². The summed E-state index contributed by atoms with van der Waals surface area (Å²) in [4.78, 5) is 25.7. The molecule has 1 amide bonds. The Hall–Kier alpha value is -2.09. The zero-order valence-corrected chi connectivity index (χ0v) is 14.3. The van der Waals surface area contributed by atoms with E-state index < -0.39 is 28.3 Å². The van der Waals surface area contributed by atoms with Crippen LogP contribution in [0.3, 0.4) is 0 Å². The number of sulfone groups is 1. The molecule has 1 N–H and O–H groups in total. The van der Waals surface area contributed by atoms with E-state index in [4.69, 9.17) is 4.74 Å². The van der Waals surface area contributed by atoms with Crippen molar-refractivity contribution in [1.82, 2.24) is 4.90 Å². The number of aromatic hydroxyl groups is 1. The molecule has 1 aromatic carbocycles. The zero-order chi connectivity index (χ0) is 17.7. The van der Waals surface area contributed by atoms with Crippen LogP contribution in [0.4, 0.5) is 0 Å². The van der Waals surface area contributed by atoms with E-state index in [0.29, 0.717) is 19.4 Å². The number of benzene rings is 1. The first-order chi connectivity index (χ1) is 11.3. The third-order valence-electron chi connectivity index (χ3n) is 3.88. The first-order valence-electron chi connectivity index (χ1n) is 7.79. The lowest BCUT2D eigenvalue weighted by Crippen LogP contribution is -2.43. The number of ether oxygens (including phenoxy) is 1. The van der Waals surface area contributed by atoms with Crippen molar-refractivity contribution in [3.8, 4) is 5.75 Å². The molecule has 0 aliphatic carbocycles. The quantitative estimate of drug-likeness (QED) is 0.763. The van der Waals surface area contributed by atoms with E-state index in [2.05, 4.69) is 0 Å². The van der Waals surface area contributed by atoms with Crippen molar-refractivity contribution < 1.29 is 27.9 Å². The predicted molar refractivity (Wildman–Crippen MR) is 87.5 cm³/mol. The number of phenolic OH excluding ortho intramolecular Hbond substituents is 1. The van der Waals surface area contributed by atoms with Gasteiger partial charge in [0.2, 0.25) is 0 Å². The summed E-state index contributed by atoms with van der Waals surface area (Å²) < 4.78 is 28.2. The molecule has 24 heavy (non-hydrogen) atoms. The van der Waals surface area contributed by atoms with Crippen LogP contribution in [-0.2, 0) is 19.4 Å². The smallest absolute Gasteiger partial charge is 0.342 e. The van der Waals surface area contributed by atoms with Gasteiger partial charge in [0, 0.05) is 12.6 Å². The van der Waals surface area contributed by atoms with Gasteiger partial charge in [0.25, 0.3) is 5.91 Å². The van der Waals surface area contributed by atoms with Crippen LogP contribution in [0, 0.1) is 0 Å². The van der Waals surface area contributed by atoms with Gasteiger partial charge in [-0.1, -0.05) is 19.1 Å². The maximum atomic E-state index is 12.3. The lowest BCUT2D eigenvalue weighted by molar-refractivity contribution is -0.136. The number of carbonyl (C=O) groups is 2.